The van der Waals surface area contributed by atoms with Gasteiger partial charge < -0.3 is 14.7 Å². The van der Waals surface area contributed by atoms with Gasteiger partial charge in [-0.3, -0.25) is 0 Å². The maximum absolute atomic E-state index is 11.0. The van der Waals surface area contributed by atoms with Crippen LogP contribution in [-0.2, 0) is 4.74 Å². The first-order chi connectivity index (χ1) is 10.6. The van der Waals surface area contributed by atoms with Gasteiger partial charge in [0.15, 0.2) is 0 Å². The fraction of sp³-hybridized carbons (Fsp3) is 0.625. The number of carboxylic acid groups (broad SMARTS) is 1. The Hall–Kier alpha value is -1.33. The minimum Gasteiger partial charge on any atom is -0.478 e. The van der Waals surface area contributed by atoms with Crippen LogP contribution in [0.4, 0.5) is 5.82 Å². The summed E-state index contributed by atoms with van der Waals surface area (Å²) in [6.45, 7) is 1.78. The molecule has 1 saturated heterocycles. The number of carbonyl (C=O) groups is 1. The third kappa shape index (κ3) is 2.68. The third-order valence-electron chi connectivity index (χ3n) is 5.09. The molecule has 1 N–H and O–H groups in total. The van der Waals surface area contributed by atoms with Gasteiger partial charge in [-0.1, -0.05) is 18.0 Å². The number of aromatic nitrogens is 1. The number of aromatic carboxylic acids is 1. The van der Waals surface area contributed by atoms with E-state index in [0.717, 1.165) is 25.9 Å². The summed E-state index contributed by atoms with van der Waals surface area (Å²) in [6.07, 6.45) is 7.42. The number of ether oxygens (including phenoxy) is 1. The molecule has 0 amide bonds. The zero-order chi connectivity index (χ0) is 15.7. The van der Waals surface area contributed by atoms with Crippen molar-refractivity contribution in [1.82, 2.24) is 4.98 Å². The second-order valence-corrected chi connectivity index (χ2v) is 6.75. The second kappa shape index (κ2) is 6.05. The van der Waals surface area contributed by atoms with Crippen molar-refractivity contribution < 1.29 is 14.6 Å². The number of pyridine rings is 1. The number of hydrogen-bond acceptors (Lipinski definition) is 4. The highest BCUT2D eigenvalue weighted by Crippen LogP contribution is 2.47. The van der Waals surface area contributed by atoms with Gasteiger partial charge in [0.25, 0.3) is 0 Å². The van der Waals surface area contributed by atoms with E-state index in [4.69, 9.17) is 21.4 Å². The molecule has 6 heteroatoms. The molecular weight excluding hydrogens is 304 g/mol. The molecule has 1 aromatic heterocycles. The van der Waals surface area contributed by atoms with Gasteiger partial charge in [0.05, 0.1) is 16.7 Å². The van der Waals surface area contributed by atoms with Gasteiger partial charge in [0.1, 0.15) is 5.82 Å². The molecule has 0 unspecified atom stereocenters. The van der Waals surface area contributed by atoms with E-state index in [1.54, 1.807) is 7.11 Å². The zero-order valence-electron chi connectivity index (χ0n) is 12.7. The number of anilines is 1. The molecule has 5 nitrogen and oxygen atoms in total. The van der Waals surface area contributed by atoms with Crippen molar-refractivity contribution in [3.8, 4) is 0 Å². The highest BCUT2D eigenvalue weighted by molar-refractivity contribution is 6.33. The van der Waals surface area contributed by atoms with E-state index in [9.17, 15) is 4.79 Å². The standard InChI is InChI=1S/C16H21ClN2O3/c1-22-13-4-2-5-16(13)6-3-7-19(10-16)14-12(17)8-11(9-18-14)15(20)21/h8-9,13H,2-7,10H2,1H3,(H,20,21)/t13-,16-/m1/s1. The summed E-state index contributed by atoms with van der Waals surface area (Å²) in [4.78, 5) is 17.5. The molecule has 0 radical (unpaired) electrons. The molecule has 2 atom stereocenters. The lowest BCUT2D eigenvalue weighted by Gasteiger charge is -2.44. The van der Waals surface area contributed by atoms with Crippen LogP contribution in [0.2, 0.25) is 5.02 Å². The first-order valence-corrected chi connectivity index (χ1v) is 8.10. The SMILES string of the molecule is CO[C@@H]1CCC[C@]12CCCN(c1ncc(C(=O)O)cc1Cl)C2. The lowest BCUT2D eigenvalue weighted by atomic mass is 9.76. The van der Waals surface area contributed by atoms with Crippen molar-refractivity contribution in [1.29, 1.82) is 0 Å². The van der Waals surface area contributed by atoms with Gasteiger partial charge >= 0.3 is 5.97 Å². The minimum absolute atomic E-state index is 0.121. The lowest BCUT2D eigenvalue weighted by Crippen LogP contribution is -2.48. The Morgan fingerprint density at radius 3 is 2.95 bits per heavy atom. The predicted molar refractivity (Wildman–Crippen MR) is 84.7 cm³/mol. The molecule has 1 aromatic rings. The van der Waals surface area contributed by atoms with E-state index >= 15 is 0 Å². The van der Waals surface area contributed by atoms with Crippen molar-refractivity contribution in [2.24, 2.45) is 5.41 Å². The normalized spacial score (nSPS) is 28.3. The van der Waals surface area contributed by atoms with Crippen molar-refractivity contribution in [2.45, 2.75) is 38.2 Å². The van der Waals surface area contributed by atoms with Crippen molar-refractivity contribution in [3.05, 3.63) is 22.8 Å². The Kier molecular flexibility index (Phi) is 4.28. The van der Waals surface area contributed by atoms with E-state index in [-0.39, 0.29) is 11.0 Å². The van der Waals surface area contributed by atoms with Crippen LogP contribution < -0.4 is 4.90 Å². The molecule has 1 spiro atoms. The van der Waals surface area contributed by atoms with Gasteiger partial charge in [-0.15, -0.1) is 0 Å². The van der Waals surface area contributed by atoms with E-state index in [1.165, 1.54) is 31.5 Å². The molecule has 0 aromatic carbocycles. The van der Waals surface area contributed by atoms with Crippen molar-refractivity contribution in [2.75, 3.05) is 25.1 Å². The minimum atomic E-state index is -1.01. The van der Waals surface area contributed by atoms with E-state index in [1.807, 2.05) is 0 Å². The largest absolute Gasteiger partial charge is 0.478 e. The predicted octanol–water partition coefficient (Wildman–Crippen LogP) is 3.22. The molecule has 1 aliphatic heterocycles. The number of hydrogen-bond donors (Lipinski definition) is 1. The maximum Gasteiger partial charge on any atom is 0.337 e. The lowest BCUT2D eigenvalue weighted by molar-refractivity contribution is 0.00216. The van der Waals surface area contributed by atoms with Crippen LogP contribution in [0.1, 0.15) is 42.5 Å². The number of carboxylic acids is 1. The summed E-state index contributed by atoms with van der Waals surface area (Å²) < 4.78 is 5.71. The fourth-order valence-electron chi connectivity index (χ4n) is 4.06. The molecular formula is C16H21ClN2O3. The molecule has 2 aliphatic rings. The summed E-state index contributed by atoms with van der Waals surface area (Å²) in [6, 6.07) is 1.48. The first-order valence-electron chi connectivity index (χ1n) is 7.72. The summed E-state index contributed by atoms with van der Waals surface area (Å²) in [5.74, 6) is -0.321. The van der Waals surface area contributed by atoms with Crippen molar-refractivity contribution in [3.63, 3.8) is 0 Å². The Morgan fingerprint density at radius 2 is 2.27 bits per heavy atom. The Labute approximate surface area is 135 Å². The molecule has 1 aliphatic carbocycles. The van der Waals surface area contributed by atoms with E-state index in [2.05, 4.69) is 9.88 Å². The Balaban J connectivity index is 1.85. The van der Waals surface area contributed by atoms with Crippen molar-refractivity contribution >= 4 is 23.4 Å². The molecule has 2 fully saturated rings. The smallest absolute Gasteiger partial charge is 0.337 e. The van der Waals surface area contributed by atoms with Crippen LogP contribution >= 0.6 is 11.6 Å². The molecule has 3 rings (SSSR count). The quantitative estimate of drug-likeness (QED) is 0.925. The van der Waals surface area contributed by atoms with Gasteiger partial charge in [-0.05, 0) is 31.7 Å². The fourth-order valence-corrected chi connectivity index (χ4v) is 4.35. The van der Waals surface area contributed by atoms with Crippen LogP contribution in [0.15, 0.2) is 12.3 Å². The van der Waals surface area contributed by atoms with E-state index in [0.29, 0.717) is 16.9 Å². The van der Waals surface area contributed by atoms with Crippen LogP contribution in [0.25, 0.3) is 0 Å². The summed E-state index contributed by atoms with van der Waals surface area (Å²) in [7, 11) is 1.80. The third-order valence-corrected chi connectivity index (χ3v) is 5.36. The molecule has 2 heterocycles. The number of nitrogens with zero attached hydrogens (tertiary/aromatic N) is 2. The van der Waals surface area contributed by atoms with Gasteiger partial charge in [-0.25, -0.2) is 9.78 Å². The zero-order valence-corrected chi connectivity index (χ0v) is 13.5. The highest BCUT2D eigenvalue weighted by atomic mass is 35.5. The Bertz CT molecular complexity index is 581. The maximum atomic E-state index is 11.0. The van der Waals surface area contributed by atoms with Gasteiger partial charge in [-0.2, -0.15) is 0 Å². The summed E-state index contributed by atoms with van der Waals surface area (Å²) in [5, 5.41) is 9.42. The number of methoxy groups -OCH3 is 1. The number of halogens is 1. The van der Waals surface area contributed by atoms with Crippen LogP contribution in [0.5, 0.6) is 0 Å². The van der Waals surface area contributed by atoms with Crippen LogP contribution in [-0.4, -0.2) is 42.4 Å². The van der Waals surface area contributed by atoms with Crippen LogP contribution in [0.3, 0.4) is 0 Å². The second-order valence-electron chi connectivity index (χ2n) is 6.34. The average molecular weight is 325 g/mol. The topological polar surface area (TPSA) is 62.7 Å². The highest BCUT2D eigenvalue weighted by Gasteiger charge is 2.46. The molecule has 120 valence electrons. The monoisotopic (exact) mass is 324 g/mol. The number of rotatable bonds is 3. The average Bonchev–Trinajstić information content (AvgIpc) is 2.89. The molecule has 22 heavy (non-hydrogen) atoms. The molecule has 1 saturated carbocycles. The number of piperidine rings is 1. The van der Waals surface area contributed by atoms with Gasteiger partial charge in [0.2, 0.25) is 0 Å². The van der Waals surface area contributed by atoms with Gasteiger partial charge in [0, 0.05) is 31.8 Å². The first kappa shape index (κ1) is 15.6. The Morgan fingerprint density at radius 1 is 1.50 bits per heavy atom. The summed E-state index contributed by atoms with van der Waals surface area (Å²) >= 11 is 6.27. The summed E-state index contributed by atoms with van der Waals surface area (Å²) in [5.41, 5.74) is 0.305. The molecule has 0 bridgehead atoms. The van der Waals surface area contributed by atoms with Crippen LogP contribution in [0, 0.1) is 5.41 Å². The van der Waals surface area contributed by atoms with E-state index < -0.39 is 5.97 Å².